The van der Waals surface area contributed by atoms with Gasteiger partial charge in [0.25, 0.3) is 0 Å². The molecule has 0 aliphatic carbocycles. The first-order valence-corrected chi connectivity index (χ1v) is 7.46. The van der Waals surface area contributed by atoms with Crippen molar-refractivity contribution < 1.29 is 4.74 Å². The summed E-state index contributed by atoms with van der Waals surface area (Å²) < 4.78 is 5.01. The molecule has 0 spiro atoms. The molecule has 0 aliphatic heterocycles. The molecular formula is C17H30N2O. The minimum atomic E-state index is 0.227. The Morgan fingerprint density at radius 2 is 1.80 bits per heavy atom. The Morgan fingerprint density at radius 3 is 2.35 bits per heavy atom. The predicted octanol–water partition coefficient (Wildman–Crippen LogP) is 2.70. The second-order valence-corrected chi connectivity index (χ2v) is 6.43. The first kappa shape index (κ1) is 17.2. The number of benzene rings is 1. The molecule has 0 saturated carbocycles. The van der Waals surface area contributed by atoms with Gasteiger partial charge in [-0.3, -0.25) is 0 Å². The van der Waals surface area contributed by atoms with Crippen LogP contribution in [0.4, 0.5) is 0 Å². The Hall–Kier alpha value is -0.900. The molecule has 1 aromatic rings. The van der Waals surface area contributed by atoms with E-state index >= 15 is 0 Å². The van der Waals surface area contributed by atoms with Crippen molar-refractivity contribution in [1.29, 1.82) is 0 Å². The molecule has 0 amide bonds. The molecule has 0 saturated heterocycles. The van der Waals surface area contributed by atoms with Crippen LogP contribution in [0.5, 0.6) is 0 Å². The summed E-state index contributed by atoms with van der Waals surface area (Å²) in [6, 6.07) is 9.36. The zero-order valence-electron chi connectivity index (χ0n) is 13.6. The van der Waals surface area contributed by atoms with Gasteiger partial charge in [-0.15, -0.1) is 0 Å². The van der Waals surface area contributed by atoms with Gasteiger partial charge in [0.2, 0.25) is 0 Å². The molecule has 1 rings (SSSR count). The van der Waals surface area contributed by atoms with E-state index < -0.39 is 0 Å². The van der Waals surface area contributed by atoms with Crippen LogP contribution in [0.15, 0.2) is 24.3 Å². The Labute approximate surface area is 124 Å². The van der Waals surface area contributed by atoms with Crippen molar-refractivity contribution in [3.8, 4) is 0 Å². The lowest BCUT2D eigenvalue weighted by Crippen LogP contribution is -2.37. The Bertz CT molecular complexity index is 368. The van der Waals surface area contributed by atoms with E-state index in [1.54, 1.807) is 7.11 Å². The van der Waals surface area contributed by atoms with E-state index in [0.29, 0.717) is 6.04 Å². The monoisotopic (exact) mass is 278 g/mol. The lowest BCUT2D eigenvalue weighted by molar-refractivity contribution is 0.198. The molecule has 3 heteroatoms. The summed E-state index contributed by atoms with van der Waals surface area (Å²) in [4.78, 5) is 0. The maximum atomic E-state index is 5.01. The SMILES string of the molecule is COCCNCC(C)NCc1ccc(C(C)(C)C)cc1. The first-order valence-electron chi connectivity index (χ1n) is 7.46. The topological polar surface area (TPSA) is 33.3 Å². The molecule has 0 aromatic heterocycles. The summed E-state index contributed by atoms with van der Waals surface area (Å²) in [5.41, 5.74) is 2.95. The van der Waals surface area contributed by atoms with Crippen LogP contribution in [0.25, 0.3) is 0 Å². The van der Waals surface area contributed by atoms with Gasteiger partial charge in [0.05, 0.1) is 6.61 Å². The van der Waals surface area contributed by atoms with Gasteiger partial charge in [-0.05, 0) is 23.5 Å². The van der Waals surface area contributed by atoms with Crippen molar-refractivity contribution in [2.45, 2.75) is 45.7 Å². The van der Waals surface area contributed by atoms with Crippen molar-refractivity contribution >= 4 is 0 Å². The van der Waals surface area contributed by atoms with Gasteiger partial charge in [0, 0.05) is 32.8 Å². The minimum absolute atomic E-state index is 0.227. The van der Waals surface area contributed by atoms with E-state index in [2.05, 4.69) is 62.6 Å². The summed E-state index contributed by atoms with van der Waals surface area (Å²) in [6.45, 7) is 12.5. The highest BCUT2D eigenvalue weighted by atomic mass is 16.5. The quantitative estimate of drug-likeness (QED) is 0.717. The fraction of sp³-hybridized carbons (Fsp3) is 0.647. The van der Waals surface area contributed by atoms with Gasteiger partial charge in [0.1, 0.15) is 0 Å². The predicted molar refractivity (Wildman–Crippen MR) is 86.2 cm³/mol. The van der Waals surface area contributed by atoms with Crippen LogP contribution >= 0.6 is 0 Å². The maximum absolute atomic E-state index is 5.01. The van der Waals surface area contributed by atoms with Crippen LogP contribution in [-0.2, 0) is 16.7 Å². The van der Waals surface area contributed by atoms with Crippen LogP contribution in [0, 0.1) is 0 Å². The molecule has 0 aliphatic rings. The number of ether oxygens (including phenoxy) is 1. The summed E-state index contributed by atoms with van der Waals surface area (Å²) in [5, 5.41) is 6.89. The van der Waals surface area contributed by atoms with E-state index in [4.69, 9.17) is 4.74 Å². The van der Waals surface area contributed by atoms with Gasteiger partial charge < -0.3 is 15.4 Å². The third-order valence-corrected chi connectivity index (χ3v) is 3.41. The summed E-state index contributed by atoms with van der Waals surface area (Å²) in [6.07, 6.45) is 0. The average molecular weight is 278 g/mol. The number of methoxy groups -OCH3 is 1. The molecule has 20 heavy (non-hydrogen) atoms. The third kappa shape index (κ3) is 6.51. The van der Waals surface area contributed by atoms with Crippen LogP contribution in [-0.4, -0.2) is 32.8 Å². The van der Waals surface area contributed by atoms with E-state index in [9.17, 15) is 0 Å². The number of hydrogen-bond acceptors (Lipinski definition) is 3. The van der Waals surface area contributed by atoms with Crippen molar-refractivity contribution in [1.82, 2.24) is 10.6 Å². The standard InChI is InChI=1S/C17H30N2O/c1-14(12-18-10-11-20-5)19-13-15-6-8-16(9-7-15)17(2,3)4/h6-9,14,18-19H,10-13H2,1-5H3. The number of hydrogen-bond donors (Lipinski definition) is 2. The van der Waals surface area contributed by atoms with Crippen molar-refractivity contribution in [2.75, 3.05) is 26.8 Å². The largest absolute Gasteiger partial charge is 0.383 e. The molecular weight excluding hydrogens is 248 g/mol. The van der Waals surface area contributed by atoms with E-state index in [1.807, 2.05) is 0 Å². The van der Waals surface area contributed by atoms with E-state index in [-0.39, 0.29) is 5.41 Å². The van der Waals surface area contributed by atoms with Gasteiger partial charge in [-0.2, -0.15) is 0 Å². The molecule has 1 atom stereocenters. The Morgan fingerprint density at radius 1 is 1.15 bits per heavy atom. The zero-order chi connectivity index (χ0) is 15.0. The maximum Gasteiger partial charge on any atom is 0.0587 e. The molecule has 0 radical (unpaired) electrons. The van der Waals surface area contributed by atoms with Crippen molar-refractivity contribution in [3.05, 3.63) is 35.4 Å². The lowest BCUT2D eigenvalue weighted by Gasteiger charge is -2.19. The smallest absolute Gasteiger partial charge is 0.0587 e. The van der Waals surface area contributed by atoms with Crippen molar-refractivity contribution in [2.24, 2.45) is 0 Å². The molecule has 1 aromatic carbocycles. The Kier molecular flexibility index (Phi) is 7.20. The minimum Gasteiger partial charge on any atom is -0.383 e. The fourth-order valence-electron chi connectivity index (χ4n) is 1.98. The number of nitrogens with one attached hydrogen (secondary N) is 2. The van der Waals surface area contributed by atoms with Crippen LogP contribution in [0.2, 0.25) is 0 Å². The highest BCUT2D eigenvalue weighted by molar-refractivity contribution is 5.27. The fourth-order valence-corrected chi connectivity index (χ4v) is 1.98. The first-order chi connectivity index (χ1) is 9.43. The summed E-state index contributed by atoms with van der Waals surface area (Å²) in [7, 11) is 1.73. The van der Waals surface area contributed by atoms with Gasteiger partial charge in [-0.25, -0.2) is 0 Å². The van der Waals surface area contributed by atoms with Gasteiger partial charge >= 0.3 is 0 Å². The second-order valence-electron chi connectivity index (χ2n) is 6.43. The van der Waals surface area contributed by atoms with Crippen LogP contribution in [0.1, 0.15) is 38.8 Å². The molecule has 0 fully saturated rings. The van der Waals surface area contributed by atoms with Crippen LogP contribution < -0.4 is 10.6 Å². The van der Waals surface area contributed by atoms with Crippen molar-refractivity contribution in [3.63, 3.8) is 0 Å². The highest BCUT2D eigenvalue weighted by Crippen LogP contribution is 2.22. The molecule has 3 nitrogen and oxygen atoms in total. The molecule has 114 valence electrons. The molecule has 0 heterocycles. The van der Waals surface area contributed by atoms with Gasteiger partial charge in [-0.1, -0.05) is 45.0 Å². The third-order valence-electron chi connectivity index (χ3n) is 3.41. The summed E-state index contributed by atoms with van der Waals surface area (Å²) >= 11 is 0. The van der Waals surface area contributed by atoms with E-state index in [0.717, 1.165) is 26.2 Å². The van der Waals surface area contributed by atoms with Gasteiger partial charge in [0.15, 0.2) is 0 Å². The highest BCUT2D eigenvalue weighted by Gasteiger charge is 2.12. The molecule has 1 unspecified atom stereocenters. The normalized spacial score (nSPS) is 13.4. The molecule has 0 bridgehead atoms. The molecule has 2 N–H and O–H groups in total. The lowest BCUT2D eigenvalue weighted by atomic mass is 9.87. The summed E-state index contributed by atoms with van der Waals surface area (Å²) in [5.74, 6) is 0. The Balaban J connectivity index is 2.31. The van der Waals surface area contributed by atoms with E-state index in [1.165, 1.54) is 11.1 Å². The second kappa shape index (κ2) is 8.40. The number of rotatable bonds is 8. The average Bonchev–Trinajstić information content (AvgIpc) is 2.41. The zero-order valence-corrected chi connectivity index (χ0v) is 13.6. The van der Waals surface area contributed by atoms with Crippen LogP contribution in [0.3, 0.4) is 0 Å².